The molecular weight excluding hydrogens is 254 g/mol. The smallest absolute Gasteiger partial charge is 0.294 e. The highest BCUT2D eigenvalue weighted by atomic mass is 32.2. The lowest BCUT2D eigenvalue weighted by molar-refractivity contribution is 0.477. The summed E-state index contributed by atoms with van der Waals surface area (Å²) in [5.74, 6) is -0.214. The summed E-state index contributed by atoms with van der Waals surface area (Å²) in [6.45, 7) is 0. The highest BCUT2D eigenvalue weighted by Gasteiger charge is 2.16. The topological polar surface area (TPSA) is 101 Å². The van der Waals surface area contributed by atoms with E-state index in [4.69, 9.17) is 10.3 Å². The van der Waals surface area contributed by atoms with Gasteiger partial charge in [-0.05, 0) is 17.7 Å². The van der Waals surface area contributed by atoms with Crippen LogP contribution < -0.4 is 5.73 Å². The lowest BCUT2D eigenvalue weighted by Crippen LogP contribution is -2.00. The van der Waals surface area contributed by atoms with E-state index < -0.39 is 10.1 Å². The van der Waals surface area contributed by atoms with Crippen molar-refractivity contribution in [2.24, 2.45) is 0 Å². The molecule has 0 atom stereocenters. The van der Waals surface area contributed by atoms with Crippen LogP contribution in [-0.2, 0) is 10.1 Å². The highest BCUT2D eigenvalue weighted by Crippen LogP contribution is 2.36. The predicted molar refractivity (Wildman–Crippen MR) is 67.8 cm³/mol. The molecule has 0 aliphatic rings. The van der Waals surface area contributed by atoms with Crippen LogP contribution in [0.3, 0.4) is 0 Å². The second-order valence-electron chi connectivity index (χ2n) is 3.75. The van der Waals surface area contributed by atoms with Crippen LogP contribution in [0.25, 0.3) is 11.1 Å². The molecule has 0 aromatic heterocycles. The molecule has 4 N–H and O–H groups in total. The molecule has 2 rings (SSSR count). The van der Waals surface area contributed by atoms with Crippen LogP contribution in [-0.4, -0.2) is 18.1 Å². The average molecular weight is 265 g/mol. The van der Waals surface area contributed by atoms with Crippen molar-refractivity contribution < 1.29 is 18.1 Å². The van der Waals surface area contributed by atoms with Crippen LogP contribution in [0, 0.1) is 0 Å². The first-order valence-electron chi connectivity index (χ1n) is 5.05. The lowest BCUT2D eigenvalue weighted by atomic mass is 10.0. The van der Waals surface area contributed by atoms with Crippen molar-refractivity contribution in [3.63, 3.8) is 0 Å². The minimum Gasteiger partial charge on any atom is -0.505 e. The summed E-state index contributed by atoms with van der Waals surface area (Å²) in [6.07, 6.45) is 0. The molecule has 0 saturated heterocycles. The number of anilines is 1. The standard InChI is InChI=1S/C12H11NO4S/c13-11-7-9(18(15,16)17)6-10(12(11)14)8-4-2-1-3-5-8/h1-7,14H,13H2,(H,15,16,17). The Hall–Kier alpha value is -2.05. The maximum atomic E-state index is 11.1. The number of hydrogen-bond acceptors (Lipinski definition) is 4. The van der Waals surface area contributed by atoms with Gasteiger partial charge in [0, 0.05) is 5.56 Å². The Kier molecular flexibility index (Phi) is 2.98. The van der Waals surface area contributed by atoms with Gasteiger partial charge in [-0.2, -0.15) is 8.42 Å². The minimum absolute atomic E-state index is 0.107. The van der Waals surface area contributed by atoms with E-state index in [1.807, 2.05) is 0 Å². The maximum Gasteiger partial charge on any atom is 0.294 e. The third kappa shape index (κ3) is 2.29. The third-order valence-corrected chi connectivity index (χ3v) is 3.33. The van der Waals surface area contributed by atoms with Gasteiger partial charge < -0.3 is 10.8 Å². The Morgan fingerprint density at radius 1 is 1.06 bits per heavy atom. The second kappa shape index (κ2) is 4.32. The van der Waals surface area contributed by atoms with Crippen molar-refractivity contribution >= 4 is 15.8 Å². The molecule has 0 heterocycles. The number of aromatic hydroxyl groups is 1. The van der Waals surface area contributed by atoms with Crippen LogP contribution in [0.1, 0.15) is 0 Å². The fourth-order valence-corrected chi connectivity index (χ4v) is 2.16. The number of hydrogen-bond donors (Lipinski definition) is 3. The van der Waals surface area contributed by atoms with Gasteiger partial charge in [0.05, 0.1) is 10.6 Å². The Labute approximate surface area is 104 Å². The zero-order chi connectivity index (χ0) is 13.3. The average Bonchev–Trinajstić information content (AvgIpc) is 2.32. The Balaban J connectivity index is 2.72. The Morgan fingerprint density at radius 3 is 2.22 bits per heavy atom. The molecular formula is C12H11NO4S. The quantitative estimate of drug-likeness (QED) is 0.437. The number of nitrogen functional groups attached to an aromatic ring is 1. The molecule has 18 heavy (non-hydrogen) atoms. The zero-order valence-corrected chi connectivity index (χ0v) is 10.1. The SMILES string of the molecule is Nc1cc(S(=O)(=O)O)cc(-c2ccccc2)c1O. The first kappa shape index (κ1) is 12.4. The molecule has 94 valence electrons. The normalized spacial score (nSPS) is 11.4. The van der Waals surface area contributed by atoms with E-state index in [9.17, 15) is 13.5 Å². The Morgan fingerprint density at radius 2 is 1.67 bits per heavy atom. The number of benzene rings is 2. The molecule has 0 aliphatic carbocycles. The van der Waals surface area contributed by atoms with Crippen molar-refractivity contribution in [2.75, 3.05) is 5.73 Å². The number of rotatable bonds is 2. The van der Waals surface area contributed by atoms with Gasteiger partial charge in [-0.1, -0.05) is 30.3 Å². The van der Waals surface area contributed by atoms with E-state index >= 15 is 0 Å². The van der Waals surface area contributed by atoms with Gasteiger partial charge in [0.25, 0.3) is 10.1 Å². The number of phenols is 1. The van der Waals surface area contributed by atoms with Crippen LogP contribution >= 0.6 is 0 Å². The fraction of sp³-hybridized carbons (Fsp3) is 0. The Bertz CT molecular complexity index is 681. The maximum absolute atomic E-state index is 11.1. The molecule has 0 aliphatic heterocycles. The molecule has 6 heteroatoms. The first-order valence-corrected chi connectivity index (χ1v) is 6.49. The summed E-state index contributed by atoms with van der Waals surface area (Å²) >= 11 is 0. The summed E-state index contributed by atoms with van der Waals surface area (Å²) in [5.41, 5.74) is 6.28. The molecule has 2 aromatic carbocycles. The van der Waals surface area contributed by atoms with Gasteiger partial charge in [-0.3, -0.25) is 4.55 Å². The molecule has 5 nitrogen and oxygen atoms in total. The lowest BCUT2D eigenvalue weighted by Gasteiger charge is -2.09. The first-order chi connectivity index (χ1) is 8.39. The molecule has 0 fully saturated rings. The van der Waals surface area contributed by atoms with Gasteiger partial charge in [0.15, 0.2) is 0 Å². The van der Waals surface area contributed by atoms with Gasteiger partial charge in [-0.15, -0.1) is 0 Å². The van der Waals surface area contributed by atoms with Gasteiger partial charge in [-0.25, -0.2) is 0 Å². The largest absolute Gasteiger partial charge is 0.505 e. The van der Waals surface area contributed by atoms with Crippen molar-refractivity contribution in [3.8, 4) is 16.9 Å². The van der Waals surface area contributed by atoms with E-state index in [1.165, 1.54) is 6.07 Å². The van der Waals surface area contributed by atoms with E-state index in [1.54, 1.807) is 30.3 Å². The van der Waals surface area contributed by atoms with Crippen LogP contribution in [0.4, 0.5) is 5.69 Å². The second-order valence-corrected chi connectivity index (χ2v) is 5.17. The summed E-state index contributed by atoms with van der Waals surface area (Å²) in [6, 6.07) is 10.9. The van der Waals surface area contributed by atoms with Crippen molar-refractivity contribution in [3.05, 3.63) is 42.5 Å². The fourth-order valence-electron chi connectivity index (χ4n) is 1.62. The zero-order valence-electron chi connectivity index (χ0n) is 9.24. The van der Waals surface area contributed by atoms with Gasteiger partial charge in [0.1, 0.15) is 5.75 Å². The van der Waals surface area contributed by atoms with Crippen LogP contribution in [0.5, 0.6) is 5.75 Å². The molecule has 2 aromatic rings. The predicted octanol–water partition coefficient (Wildman–Crippen LogP) is 1.89. The van der Waals surface area contributed by atoms with Gasteiger partial charge in [0.2, 0.25) is 0 Å². The summed E-state index contributed by atoms with van der Waals surface area (Å²) in [7, 11) is -4.36. The van der Waals surface area contributed by atoms with Crippen LogP contribution in [0.2, 0.25) is 0 Å². The summed E-state index contributed by atoms with van der Waals surface area (Å²) in [5, 5.41) is 9.84. The summed E-state index contributed by atoms with van der Waals surface area (Å²) < 4.78 is 31.2. The van der Waals surface area contributed by atoms with Crippen molar-refractivity contribution in [1.82, 2.24) is 0 Å². The molecule has 0 unspecified atom stereocenters. The summed E-state index contributed by atoms with van der Waals surface area (Å²) in [4.78, 5) is -0.350. The van der Waals surface area contributed by atoms with E-state index in [2.05, 4.69) is 0 Å². The third-order valence-electron chi connectivity index (χ3n) is 2.50. The monoisotopic (exact) mass is 265 g/mol. The molecule has 0 bridgehead atoms. The van der Waals surface area contributed by atoms with Crippen molar-refractivity contribution in [1.29, 1.82) is 0 Å². The molecule has 0 spiro atoms. The van der Waals surface area contributed by atoms with Gasteiger partial charge >= 0.3 is 0 Å². The van der Waals surface area contributed by atoms with E-state index in [-0.39, 0.29) is 21.9 Å². The van der Waals surface area contributed by atoms with E-state index in [0.29, 0.717) is 5.56 Å². The number of phenolic OH excluding ortho intramolecular Hbond substituents is 1. The molecule has 0 amide bonds. The molecule has 0 radical (unpaired) electrons. The van der Waals surface area contributed by atoms with Crippen molar-refractivity contribution in [2.45, 2.75) is 4.90 Å². The minimum atomic E-state index is -4.36. The van der Waals surface area contributed by atoms with E-state index in [0.717, 1.165) is 6.07 Å². The number of nitrogens with two attached hydrogens (primary N) is 1. The molecule has 0 saturated carbocycles. The highest BCUT2D eigenvalue weighted by molar-refractivity contribution is 7.85. The van der Waals surface area contributed by atoms with Crippen LogP contribution in [0.15, 0.2) is 47.4 Å².